The fourth-order valence-corrected chi connectivity index (χ4v) is 3.07. The van der Waals surface area contributed by atoms with Crippen molar-refractivity contribution in [3.05, 3.63) is 59.4 Å². The zero-order valence-electron chi connectivity index (χ0n) is 13.7. The van der Waals surface area contributed by atoms with Crippen molar-refractivity contribution in [3.8, 4) is 5.75 Å². The van der Waals surface area contributed by atoms with Crippen LogP contribution in [-0.4, -0.2) is 47.2 Å². The first-order valence-corrected chi connectivity index (χ1v) is 7.89. The Balaban J connectivity index is 1.76. The van der Waals surface area contributed by atoms with Gasteiger partial charge in [-0.05, 0) is 24.1 Å². The molecule has 132 valence electrons. The topological polar surface area (TPSA) is 62.7 Å². The van der Waals surface area contributed by atoms with Crippen molar-refractivity contribution < 1.29 is 23.4 Å². The molecule has 0 radical (unpaired) electrons. The number of halogens is 2. The number of likely N-dealkylation sites (tertiary alicyclic amines) is 1. The Labute approximate surface area is 143 Å². The van der Waals surface area contributed by atoms with Crippen LogP contribution in [0.4, 0.5) is 8.78 Å². The Morgan fingerprint density at radius 1 is 1.28 bits per heavy atom. The number of rotatable bonds is 4. The van der Waals surface area contributed by atoms with Gasteiger partial charge >= 0.3 is 0 Å². The molecule has 1 aromatic heterocycles. The maximum absolute atomic E-state index is 14.1. The third-order valence-corrected chi connectivity index (χ3v) is 4.41. The second-order valence-corrected chi connectivity index (χ2v) is 6.06. The van der Waals surface area contributed by atoms with E-state index in [1.54, 1.807) is 12.4 Å². The average Bonchev–Trinajstić information content (AvgIpc) is 2.95. The van der Waals surface area contributed by atoms with Crippen molar-refractivity contribution in [2.75, 3.05) is 20.2 Å². The summed E-state index contributed by atoms with van der Waals surface area (Å²) in [6.07, 6.45) is 3.12. The van der Waals surface area contributed by atoms with Crippen LogP contribution in [0.25, 0.3) is 0 Å². The van der Waals surface area contributed by atoms with E-state index in [4.69, 9.17) is 4.74 Å². The van der Waals surface area contributed by atoms with Gasteiger partial charge in [0, 0.05) is 43.5 Å². The summed E-state index contributed by atoms with van der Waals surface area (Å²) in [6.45, 7) is 0.271. The molecule has 1 aromatic carbocycles. The molecule has 1 aliphatic rings. The van der Waals surface area contributed by atoms with E-state index in [0.717, 1.165) is 17.7 Å². The number of hydrogen-bond acceptors (Lipinski definition) is 4. The van der Waals surface area contributed by atoms with Crippen LogP contribution >= 0.6 is 0 Å². The van der Waals surface area contributed by atoms with Gasteiger partial charge < -0.3 is 14.7 Å². The number of amides is 1. The van der Waals surface area contributed by atoms with E-state index < -0.39 is 29.2 Å². The van der Waals surface area contributed by atoms with Crippen molar-refractivity contribution in [2.45, 2.75) is 12.5 Å². The molecule has 0 aliphatic carbocycles. The third-order valence-electron chi connectivity index (χ3n) is 4.41. The zero-order chi connectivity index (χ0) is 18.0. The lowest BCUT2D eigenvalue weighted by atomic mass is 9.97. The van der Waals surface area contributed by atoms with Gasteiger partial charge in [0.15, 0.2) is 0 Å². The number of benzene rings is 1. The molecular formula is C18H18F2N2O3. The quantitative estimate of drug-likeness (QED) is 0.919. The summed E-state index contributed by atoms with van der Waals surface area (Å²) in [7, 11) is 1.29. The van der Waals surface area contributed by atoms with Crippen LogP contribution in [0.15, 0.2) is 36.7 Å². The summed E-state index contributed by atoms with van der Waals surface area (Å²) in [4.78, 5) is 17.7. The normalized spacial score (nSPS) is 19.9. The summed E-state index contributed by atoms with van der Waals surface area (Å²) in [5.74, 6) is -2.92. The molecule has 0 bridgehead atoms. The number of pyridine rings is 1. The number of carbonyl (C=O) groups excluding carboxylic acids is 1. The Bertz CT molecular complexity index is 747. The molecule has 1 N–H and O–H groups in total. The van der Waals surface area contributed by atoms with Gasteiger partial charge in [-0.3, -0.25) is 9.78 Å². The third kappa shape index (κ3) is 3.61. The van der Waals surface area contributed by atoms with Gasteiger partial charge in [-0.15, -0.1) is 0 Å². The Kier molecular flexibility index (Phi) is 4.94. The lowest BCUT2D eigenvalue weighted by molar-refractivity contribution is 0.0755. The Morgan fingerprint density at radius 2 is 1.92 bits per heavy atom. The highest BCUT2D eigenvalue weighted by Gasteiger charge is 2.36. The Hall–Kier alpha value is -2.54. The summed E-state index contributed by atoms with van der Waals surface area (Å²) < 4.78 is 33.0. The molecule has 2 atom stereocenters. The number of methoxy groups -OCH3 is 1. The zero-order valence-corrected chi connectivity index (χ0v) is 13.7. The number of ether oxygens (including phenoxy) is 1. The fourth-order valence-electron chi connectivity index (χ4n) is 3.07. The van der Waals surface area contributed by atoms with E-state index in [2.05, 4.69) is 4.98 Å². The molecule has 2 heterocycles. The SMILES string of the molecule is COc1cc(F)c(C(=O)N2C[C@@H](Cc3ccncc3)[C@@H](O)C2)c(F)c1. The lowest BCUT2D eigenvalue weighted by Gasteiger charge is -2.17. The summed E-state index contributed by atoms with van der Waals surface area (Å²) >= 11 is 0. The highest BCUT2D eigenvalue weighted by molar-refractivity contribution is 5.95. The van der Waals surface area contributed by atoms with Crippen molar-refractivity contribution in [1.82, 2.24) is 9.88 Å². The molecule has 25 heavy (non-hydrogen) atoms. The minimum absolute atomic E-state index is 0.00331. The van der Waals surface area contributed by atoms with Gasteiger partial charge in [-0.2, -0.15) is 0 Å². The highest BCUT2D eigenvalue weighted by atomic mass is 19.1. The molecule has 0 spiro atoms. The fraction of sp³-hybridized carbons (Fsp3) is 0.333. The predicted molar refractivity (Wildman–Crippen MR) is 86.3 cm³/mol. The van der Waals surface area contributed by atoms with Crippen LogP contribution < -0.4 is 4.74 Å². The van der Waals surface area contributed by atoms with Crippen molar-refractivity contribution in [1.29, 1.82) is 0 Å². The number of hydrogen-bond donors (Lipinski definition) is 1. The maximum atomic E-state index is 14.1. The first-order chi connectivity index (χ1) is 12.0. The molecule has 1 fully saturated rings. The molecule has 3 rings (SSSR count). The van der Waals surface area contributed by atoms with Gasteiger partial charge in [0.25, 0.3) is 5.91 Å². The van der Waals surface area contributed by atoms with Gasteiger partial charge in [0.1, 0.15) is 22.9 Å². The van der Waals surface area contributed by atoms with Crippen molar-refractivity contribution in [3.63, 3.8) is 0 Å². The van der Waals surface area contributed by atoms with Gasteiger partial charge in [-0.25, -0.2) is 8.78 Å². The molecular weight excluding hydrogens is 330 g/mol. The standard InChI is InChI=1S/C18H18F2N2O3/c1-25-13-7-14(19)17(15(20)8-13)18(24)22-9-12(16(23)10-22)6-11-2-4-21-5-3-11/h2-5,7-8,12,16,23H,6,9-10H2,1H3/t12-,16+/m1/s1. The molecule has 5 nitrogen and oxygen atoms in total. The lowest BCUT2D eigenvalue weighted by Crippen LogP contribution is -2.31. The van der Waals surface area contributed by atoms with E-state index in [-0.39, 0.29) is 24.8 Å². The van der Waals surface area contributed by atoms with Crippen LogP contribution in [0.2, 0.25) is 0 Å². The average molecular weight is 348 g/mol. The van der Waals surface area contributed by atoms with E-state index in [9.17, 15) is 18.7 Å². The van der Waals surface area contributed by atoms with Crippen LogP contribution in [0.5, 0.6) is 5.75 Å². The largest absolute Gasteiger partial charge is 0.497 e. The molecule has 1 amide bonds. The Morgan fingerprint density at radius 3 is 2.52 bits per heavy atom. The smallest absolute Gasteiger partial charge is 0.259 e. The number of aliphatic hydroxyl groups is 1. The minimum atomic E-state index is -0.978. The van der Waals surface area contributed by atoms with Gasteiger partial charge in [-0.1, -0.05) is 0 Å². The summed E-state index contributed by atoms with van der Waals surface area (Å²) in [6, 6.07) is 5.61. The summed E-state index contributed by atoms with van der Waals surface area (Å²) in [5.41, 5.74) is 0.354. The van der Waals surface area contributed by atoms with Gasteiger partial charge in [0.05, 0.1) is 13.2 Å². The van der Waals surface area contributed by atoms with Crippen LogP contribution in [-0.2, 0) is 6.42 Å². The van der Waals surface area contributed by atoms with Gasteiger partial charge in [0.2, 0.25) is 0 Å². The first kappa shape index (κ1) is 17.3. The van der Waals surface area contributed by atoms with Crippen molar-refractivity contribution >= 4 is 5.91 Å². The second-order valence-electron chi connectivity index (χ2n) is 6.06. The predicted octanol–water partition coefficient (Wildman–Crippen LogP) is 2.04. The van der Waals surface area contributed by atoms with Crippen molar-refractivity contribution in [2.24, 2.45) is 5.92 Å². The van der Waals surface area contributed by atoms with Crippen LogP contribution in [0.3, 0.4) is 0 Å². The first-order valence-electron chi connectivity index (χ1n) is 7.89. The van der Waals surface area contributed by atoms with Crippen LogP contribution in [0.1, 0.15) is 15.9 Å². The number of nitrogens with zero attached hydrogens (tertiary/aromatic N) is 2. The molecule has 2 aromatic rings. The molecule has 0 unspecified atom stereocenters. The molecule has 1 saturated heterocycles. The van der Waals surface area contributed by atoms with Crippen LogP contribution in [0, 0.1) is 17.6 Å². The summed E-state index contributed by atoms with van der Waals surface area (Å²) in [5, 5.41) is 10.2. The number of β-amino-alcohol motifs (C(OH)–C–C–N with tert-alkyl or cyclic N) is 1. The second kappa shape index (κ2) is 7.14. The number of carbonyl (C=O) groups is 1. The van der Waals surface area contributed by atoms with E-state index in [1.807, 2.05) is 12.1 Å². The minimum Gasteiger partial charge on any atom is -0.497 e. The molecule has 7 heteroatoms. The maximum Gasteiger partial charge on any atom is 0.259 e. The highest BCUT2D eigenvalue weighted by Crippen LogP contribution is 2.26. The molecule has 1 aliphatic heterocycles. The monoisotopic (exact) mass is 348 g/mol. The number of aliphatic hydroxyl groups excluding tert-OH is 1. The van der Waals surface area contributed by atoms with E-state index in [1.165, 1.54) is 12.0 Å². The number of aromatic nitrogens is 1. The molecule has 0 saturated carbocycles. The van der Waals surface area contributed by atoms with E-state index in [0.29, 0.717) is 6.42 Å². The van der Waals surface area contributed by atoms with E-state index >= 15 is 0 Å².